The number of carbonyl (C=O) groups is 1. The molecular weight excluding hydrogens is 262 g/mol. The smallest absolute Gasteiger partial charge is 0.235 e. The van der Waals surface area contributed by atoms with Gasteiger partial charge in [0.05, 0.1) is 12.6 Å². The largest absolute Gasteiger partial charge is 0.337 e. The van der Waals surface area contributed by atoms with Crippen LogP contribution >= 0.6 is 0 Å². The van der Waals surface area contributed by atoms with Crippen molar-refractivity contribution in [1.29, 1.82) is 5.26 Å². The molecule has 0 radical (unpaired) electrons. The monoisotopic (exact) mass is 291 g/mol. The number of rotatable bonds is 3. The number of piperidine rings is 1. The van der Waals surface area contributed by atoms with Crippen LogP contribution in [-0.2, 0) is 4.79 Å². The van der Waals surface area contributed by atoms with Gasteiger partial charge in [-0.2, -0.15) is 5.26 Å². The quantitative estimate of drug-likeness (QED) is 0.813. The first kappa shape index (κ1) is 16.3. The van der Waals surface area contributed by atoms with Crippen LogP contribution in [0.3, 0.4) is 0 Å². The average Bonchev–Trinajstić information content (AvgIpc) is 2.63. The molecule has 1 saturated carbocycles. The van der Waals surface area contributed by atoms with Crippen LogP contribution in [0.4, 0.5) is 0 Å². The molecule has 0 unspecified atom stereocenters. The lowest BCUT2D eigenvalue weighted by molar-refractivity contribution is -0.124. The normalized spacial score (nSPS) is 30.1. The van der Waals surface area contributed by atoms with Gasteiger partial charge < -0.3 is 5.32 Å². The van der Waals surface area contributed by atoms with Crippen LogP contribution < -0.4 is 5.32 Å². The third-order valence-electron chi connectivity index (χ3n) is 4.86. The second-order valence-electron chi connectivity index (χ2n) is 7.30. The van der Waals surface area contributed by atoms with Crippen LogP contribution in [0.25, 0.3) is 0 Å². The molecule has 1 N–H and O–H groups in total. The van der Waals surface area contributed by atoms with Gasteiger partial charge in [-0.25, -0.2) is 0 Å². The van der Waals surface area contributed by atoms with E-state index < -0.39 is 5.54 Å². The Morgan fingerprint density at radius 3 is 2.29 bits per heavy atom. The predicted octanol–water partition coefficient (Wildman–Crippen LogP) is 2.70. The van der Waals surface area contributed by atoms with E-state index >= 15 is 0 Å². The van der Waals surface area contributed by atoms with Crippen molar-refractivity contribution in [2.45, 2.75) is 64.3 Å². The van der Waals surface area contributed by atoms with Crippen molar-refractivity contribution < 1.29 is 4.79 Å². The molecule has 4 nitrogen and oxygen atoms in total. The van der Waals surface area contributed by atoms with E-state index in [1.165, 1.54) is 19.3 Å². The molecule has 2 rings (SSSR count). The topological polar surface area (TPSA) is 56.1 Å². The zero-order valence-electron chi connectivity index (χ0n) is 13.5. The van der Waals surface area contributed by atoms with Crippen LogP contribution in [0.1, 0.15) is 58.8 Å². The molecule has 0 aromatic carbocycles. The Bertz CT molecular complexity index is 383. The molecule has 2 atom stereocenters. The summed E-state index contributed by atoms with van der Waals surface area (Å²) >= 11 is 0. The number of carbonyl (C=O) groups excluding carboxylic acids is 1. The molecule has 0 aromatic rings. The molecular formula is C17H29N3O. The summed E-state index contributed by atoms with van der Waals surface area (Å²) < 4.78 is 0. The van der Waals surface area contributed by atoms with Crippen molar-refractivity contribution in [3.8, 4) is 6.07 Å². The highest BCUT2D eigenvalue weighted by Crippen LogP contribution is 2.27. The number of nitrogens with one attached hydrogen (secondary N) is 1. The van der Waals surface area contributed by atoms with E-state index in [-0.39, 0.29) is 5.91 Å². The van der Waals surface area contributed by atoms with Crippen molar-refractivity contribution in [2.75, 3.05) is 19.6 Å². The summed E-state index contributed by atoms with van der Waals surface area (Å²) in [5, 5.41) is 12.6. The lowest BCUT2D eigenvalue weighted by Gasteiger charge is -2.35. The molecule has 2 aliphatic rings. The minimum atomic E-state index is -0.611. The maximum atomic E-state index is 12.4. The number of likely N-dealkylation sites (tertiary alicyclic amines) is 1. The predicted molar refractivity (Wildman–Crippen MR) is 83.6 cm³/mol. The molecule has 2 fully saturated rings. The maximum absolute atomic E-state index is 12.4. The molecule has 1 heterocycles. The SMILES string of the molecule is C[C@@H]1C[C@H](C)CN(CC(=O)NC2(C#N)CCCCCC2)C1. The molecule has 118 valence electrons. The van der Waals surface area contributed by atoms with Crippen LogP contribution in [0.15, 0.2) is 0 Å². The fraction of sp³-hybridized carbons (Fsp3) is 0.882. The number of nitriles is 1. The minimum Gasteiger partial charge on any atom is -0.337 e. The van der Waals surface area contributed by atoms with Crippen LogP contribution in [-0.4, -0.2) is 36.0 Å². The van der Waals surface area contributed by atoms with Crippen molar-refractivity contribution in [2.24, 2.45) is 11.8 Å². The van der Waals surface area contributed by atoms with Crippen molar-refractivity contribution in [3.63, 3.8) is 0 Å². The number of hydrogen-bond acceptors (Lipinski definition) is 3. The van der Waals surface area contributed by atoms with Crippen molar-refractivity contribution >= 4 is 5.91 Å². The lowest BCUT2D eigenvalue weighted by Crippen LogP contribution is -2.52. The van der Waals surface area contributed by atoms with Gasteiger partial charge in [0.15, 0.2) is 0 Å². The summed E-state index contributed by atoms with van der Waals surface area (Å²) in [5.41, 5.74) is -0.611. The second kappa shape index (κ2) is 7.26. The fourth-order valence-corrected chi connectivity index (χ4v) is 4.03. The third-order valence-corrected chi connectivity index (χ3v) is 4.86. The Labute approximate surface area is 128 Å². The molecule has 0 spiro atoms. The second-order valence-corrected chi connectivity index (χ2v) is 7.30. The lowest BCUT2D eigenvalue weighted by atomic mass is 9.91. The van der Waals surface area contributed by atoms with E-state index in [0.29, 0.717) is 18.4 Å². The average molecular weight is 291 g/mol. The van der Waals surface area contributed by atoms with Crippen molar-refractivity contribution in [3.05, 3.63) is 0 Å². The van der Waals surface area contributed by atoms with E-state index in [1.54, 1.807) is 0 Å². The first-order chi connectivity index (χ1) is 10.0. The van der Waals surface area contributed by atoms with E-state index in [4.69, 9.17) is 0 Å². The zero-order valence-corrected chi connectivity index (χ0v) is 13.5. The summed E-state index contributed by atoms with van der Waals surface area (Å²) in [5.74, 6) is 1.34. The van der Waals surface area contributed by atoms with Gasteiger partial charge in [-0.05, 0) is 31.1 Å². The van der Waals surface area contributed by atoms with E-state index in [1.807, 2.05) is 0 Å². The minimum absolute atomic E-state index is 0.0275. The third kappa shape index (κ3) is 4.71. The van der Waals surface area contributed by atoms with Gasteiger partial charge in [0.2, 0.25) is 5.91 Å². The van der Waals surface area contributed by atoms with Gasteiger partial charge in [-0.3, -0.25) is 9.69 Å². The summed E-state index contributed by atoms with van der Waals surface area (Å²) in [6.45, 7) is 6.94. The Kier molecular flexibility index (Phi) is 5.64. The van der Waals surface area contributed by atoms with Crippen molar-refractivity contribution in [1.82, 2.24) is 10.2 Å². The Morgan fingerprint density at radius 2 is 1.76 bits per heavy atom. The fourth-order valence-electron chi connectivity index (χ4n) is 4.03. The molecule has 1 aliphatic carbocycles. The first-order valence-electron chi connectivity index (χ1n) is 8.47. The number of nitrogens with zero attached hydrogens (tertiary/aromatic N) is 2. The summed E-state index contributed by atoms with van der Waals surface area (Å²) in [6, 6.07) is 2.39. The highest BCUT2D eigenvalue weighted by Gasteiger charge is 2.33. The molecule has 1 amide bonds. The van der Waals surface area contributed by atoms with Gasteiger partial charge in [-0.15, -0.1) is 0 Å². The number of hydrogen-bond donors (Lipinski definition) is 1. The Hall–Kier alpha value is -1.08. The Morgan fingerprint density at radius 1 is 1.19 bits per heavy atom. The van der Waals surface area contributed by atoms with E-state index in [2.05, 4.69) is 30.1 Å². The van der Waals surface area contributed by atoms with Gasteiger partial charge in [0, 0.05) is 13.1 Å². The molecule has 0 bridgehead atoms. The zero-order chi connectivity index (χ0) is 15.3. The Balaban J connectivity index is 1.89. The molecule has 1 aliphatic heterocycles. The molecule has 4 heteroatoms. The van der Waals surface area contributed by atoms with Crippen LogP contribution in [0.2, 0.25) is 0 Å². The number of amides is 1. The molecule has 1 saturated heterocycles. The van der Waals surface area contributed by atoms with Crippen LogP contribution in [0.5, 0.6) is 0 Å². The van der Waals surface area contributed by atoms with Crippen LogP contribution in [0, 0.1) is 23.2 Å². The van der Waals surface area contributed by atoms with Gasteiger partial charge in [0.1, 0.15) is 5.54 Å². The molecule has 0 aromatic heterocycles. The maximum Gasteiger partial charge on any atom is 0.235 e. The van der Waals surface area contributed by atoms with E-state index in [0.717, 1.165) is 38.8 Å². The van der Waals surface area contributed by atoms with Gasteiger partial charge in [-0.1, -0.05) is 39.5 Å². The standard InChI is InChI=1S/C17H29N3O/c1-14-9-15(2)11-20(10-14)12-16(21)19-17(13-18)7-5-3-4-6-8-17/h14-15H,3-12H2,1-2H3,(H,19,21)/t14-,15+. The first-order valence-corrected chi connectivity index (χ1v) is 8.47. The highest BCUT2D eigenvalue weighted by atomic mass is 16.2. The summed E-state index contributed by atoms with van der Waals surface area (Å²) in [6.07, 6.45) is 7.32. The molecule has 21 heavy (non-hydrogen) atoms. The van der Waals surface area contributed by atoms with Gasteiger partial charge >= 0.3 is 0 Å². The van der Waals surface area contributed by atoms with Gasteiger partial charge in [0.25, 0.3) is 0 Å². The highest BCUT2D eigenvalue weighted by molar-refractivity contribution is 5.79. The summed E-state index contributed by atoms with van der Waals surface area (Å²) in [7, 11) is 0. The van der Waals surface area contributed by atoms with E-state index in [9.17, 15) is 10.1 Å². The summed E-state index contributed by atoms with van der Waals surface area (Å²) in [4.78, 5) is 14.6.